The van der Waals surface area contributed by atoms with Crippen LogP contribution in [0.4, 0.5) is 4.39 Å². The lowest BCUT2D eigenvalue weighted by molar-refractivity contribution is -0.123. The Balaban J connectivity index is 1.58. The van der Waals surface area contributed by atoms with Crippen LogP contribution >= 0.6 is 11.6 Å². The Kier molecular flexibility index (Phi) is 6.75. The second kappa shape index (κ2) is 9.88. The molecule has 0 saturated heterocycles. The molecular weight excluding hydrogens is 441 g/mol. The van der Waals surface area contributed by atoms with Gasteiger partial charge in [0.15, 0.2) is 0 Å². The lowest BCUT2D eigenvalue weighted by Crippen LogP contribution is -2.48. The number of amides is 2. The van der Waals surface area contributed by atoms with Crippen molar-refractivity contribution >= 4 is 34.3 Å². The van der Waals surface area contributed by atoms with Gasteiger partial charge in [-0.1, -0.05) is 54.1 Å². The largest absolute Gasteiger partial charge is 0.361 e. The third kappa shape index (κ3) is 5.23. The molecule has 0 spiro atoms. The molecule has 0 aliphatic rings. The zero-order chi connectivity index (χ0) is 23.4. The van der Waals surface area contributed by atoms with E-state index in [0.29, 0.717) is 10.6 Å². The van der Waals surface area contributed by atoms with Gasteiger partial charge < -0.3 is 15.6 Å². The first-order chi connectivity index (χ1) is 15.9. The fourth-order valence-corrected chi connectivity index (χ4v) is 3.98. The molecule has 0 saturated carbocycles. The number of H-pyrrole nitrogens is 1. The quantitative estimate of drug-likeness (QED) is 0.353. The van der Waals surface area contributed by atoms with Crippen molar-refractivity contribution < 1.29 is 14.0 Å². The molecule has 2 amide bonds. The summed E-state index contributed by atoms with van der Waals surface area (Å²) in [5.74, 6) is -1.13. The van der Waals surface area contributed by atoms with Gasteiger partial charge in [-0.05, 0) is 48.4 Å². The van der Waals surface area contributed by atoms with Gasteiger partial charge in [-0.25, -0.2) is 4.39 Å². The SMILES string of the molecule is CC(NC(=O)C(Cc1c[nH]c2ccccc12)NC(=O)c1ccccc1Cl)c1ccc(F)cc1. The van der Waals surface area contributed by atoms with Gasteiger partial charge in [0.25, 0.3) is 5.91 Å². The second-order valence-corrected chi connectivity index (χ2v) is 8.26. The average Bonchev–Trinajstić information content (AvgIpc) is 3.22. The first-order valence-corrected chi connectivity index (χ1v) is 11.0. The van der Waals surface area contributed by atoms with Crippen LogP contribution in [0.25, 0.3) is 10.9 Å². The van der Waals surface area contributed by atoms with Gasteiger partial charge in [0.2, 0.25) is 5.91 Å². The van der Waals surface area contributed by atoms with Crippen LogP contribution in [-0.2, 0) is 11.2 Å². The number of rotatable bonds is 7. The maximum atomic E-state index is 13.3. The van der Waals surface area contributed by atoms with E-state index >= 15 is 0 Å². The predicted octanol–water partition coefficient (Wildman–Crippen LogP) is 5.18. The highest BCUT2D eigenvalue weighted by Gasteiger charge is 2.25. The van der Waals surface area contributed by atoms with Crippen LogP contribution in [0.5, 0.6) is 0 Å². The van der Waals surface area contributed by atoms with E-state index in [1.165, 1.54) is 12.1 Å². The Morgan fingerprint density at radius 1 is 0.970 bits per heavy atom. The van der Waals surface area contributed by atoms with Crippen LogP contribution in [-0.4, -0.2) is 22.8 Å². The molecule has 0 aliphatic carbocycles. The second-order valence-electron chi connectivity index (χ2n) is 7.85. The van der Waals surface area contributed by atoms with Gasteiger partial charge in [-0.2, -0.15) is 0 Å². The van der Waals surface area contributed by atoms with Crippen molar-refractivity contribution in [1.29, 1.82) is 0 Å². The minimum absolute atomic E-state index is 0.280. The van der Waals surface area contributed by atoms with E-state index in [2.05, 4.69) is 15.6 Å². The molecule has 3 aromatic carbocycles. The first-order valence-electron chi connectivity index (χ1n) is 10.6. The summed E-state index contributed by atoms with van der Waals surface area (Å²) in [6, 6.07) is 19.2. The van der Waals surface area contributed by atoms with E-state index in [9.17, 15) is 14.0 Å². The molecule has 3 N–H and O–H groups in total. The fraction of sp³-hybridized carbons (Fsp3) is 0.154. The summed E-state index contributed by atoms with van der Waals surface area (Å²) in [6.07, 6.45) is 2.12. The van der Waals surface area contributed by atoms with E-state index in [1.807, 2.05) is 37.4 Å². The summed E-state index contributed by atoms with van der Waals surface area (Å²) in [7, 11) is 0. The van der Waals surface area contributed by atoms with Crippen molar-refractivity contribution in [2.45, 2.75) is 25.4 Å². The number of fused-ring (bicyclic) bond motifs is 1. The van der Waals surface area contributed by atoms with Crippen molar-refractivity contribution in [3.05, 3.63) is 107 Å². The standard InChI is InChI=1S/C26H23ClFN3O2/c1-16(17-10-12-19(28)13-11-17)30-26(33)24(31-25(32)21-7-2-4-8-22(21)27)14-18-15-29-23-9-5-3-6-20(18)23/h2-13,15-16,24,29H,14H2,1H3,(H,30,33)(H,31,32). The molecule has 2 atom stereocenters. The zero-order valence-electron chi connectivity index (χ0n) is 17.9. The summed E-state index contributed by atoms with van der Waals surface area (Å²) in [6.45, 7) is 1.81. The summed E-state index contributed by atoms with van der Waals surface area (Å²) < 4.78 is 13.3. The minimum Gasteiger partial charge on any atom is -0.361 e. The van der Waals surface area contributed by atoms with Crippen LogP contribution in [0, 0.1) is 5.82 Å². The molecular formula is C26H23ClFN3O2. The Hall–Kier alpha value is -3.64. The first kappa shape index (κ1) is 22.6. The molecule has 4 aromatic rings. The molecule has 0 radical (unpaired) electrons. The number of carbonyl (C=O) groups is 2. The molecule has 168 valence electrons. The highest BCUT2D eigenvalue weighted by Crippen LogP contribution is 2.21. The molecule has 33 heavy (non-hydrogen) atoms. The highest BCUT2D eigenvalue weighted by atomic mass is 35.5. The van der Waals surface area contributed by atoms with E-state index in [1.54, 1.807) is 36.4 Å². The highest BCUT2D eigenvalue weighted by molar-refractivity contribution is 6.33. The number of benzene rings is 3. The fourth-order valence-electron chi connectivity index (χ4n) is 3.76. The van der Waals surface area contributed by atoms with E-state index in [-0.39, 0.29) is 24.2 Å². The summed E-state index contributed by atoms with van der Waals surface area (Å²) in [5, 5.41) is 7.05. The molecule has 2 unspecified atom stereocenters. The number of carbonyl (C=O) groups excluding carboxylic acids is 2. The van der Waals surface area contributed by atoms with Crippen LogP contribution in [0.3, 0.4) is 0 Å². The summed E-state index contributed by atoms with van der Waals surface area (Å²) >= 11 is 6.18. The van der Waals surface area contributed by atoms with Crippen molar-refractivity contribution in [2.75, 3.05) is 0 Å². The summed E-state index contributed by atoms with van der Waals surface area (Å²) in [5.41, 5.74) is 2.90. The Bertz CT molecular complexity index is 1290. The van der Waals surface area contributed by atoms with Gasteiger partial charge in [0, 0.05) is 23.5 Å². The zero-order valence-corrected chi connectivity index (χ0v) is 18.7. The number of hydrogen-bond donors (Lipinski definition) is 3. The Morgan fingerprint density at radius 3 is 2.42 bits per heavy atom. The monoisotopic (exact) mass is 463 g/mol. The third-order valence-electron chi connectivity index (χ3n) is 5.57. The molecule has 5 nitrogen and oxygen atoms in total. The van der Waals surface area contributed by atoms with E-state index in [0.717, 1.165) is 22.0 Å². The number of aromatic amines is 1. The maximum Gasteiger partial charge on any atom is 0.253 e. The molecule has 0 aliphatic heterocycles. The Labute approximate surface area is 196 Å². The number of para-hydroxylation sites is 1. The van der Waals surface area contributed by atoms with Crippen LogP contribution in [0.2, 0.25) is 5.02 Å². The molecule has 0 bridgehead atoms. The smallest absolute Gasteiger partial charge is 0.253 e. The van der Waals surface area contributed by atoms with Gasteiger partial charge in [-0.15, -0.1) is 0 Å². The normalized spacial score (nSPS) is 12.8. The maximum absolute atomic E-state index is 13.3. The van der Waals surface area contributed by atoms with Gasteiger partial charge in [0.05, 0.1) is 16.6 Å². The van der Waals surface area contributed by atoms with Crippen molar-refractivity contribution in [2.24, 2.45) is 0 Å². The van der Waals surface area contributed by atoms with Crippen molar-refractivity contribution in [3.8, 4) is 0 Å². The van der Waals surface area contributed by atoms with E-state index in [4.69, 9.17) is 11.6 Å². The van der Waals surface area contributed by atoms with Crippen molar-refractivity contribution in [3.63, 3.8) is 0 Å². The topological polar surface area (TPSA) is 74.0 Å². The lowest BCUT2D eigenvalue weighted by atomic mass is 10.0. The molecule has 1 heterocycles. The van der Waals surface area contributed by atoms with Gasteiger partial charge in [-0.3, -0.25) is 9.59 Å². The van der Waals surface area contributed by atoms with Crippen LogP contribution in [0.15, 0.2) is 79.0 Å². The molecule has 1 aromatic heterocycles. The molecule has 4 rings (SSSR count). The number of nitrogens with one attached hydrogen (secondary N) is 3. The lowest BCUT2D eigenvalue weighted by Gasteiger charge is -2.22. The number of aromatic nitrogens is 1. The van der Waals surface area contributed by atoms with E-state index < -0.39 is 11.9 Å². The van der Waals surface area contributed by atoms with Crippen LogP contribution in [0.1, 0.15) is 34.5 Å². The third-order valence-corrected chi connectivity index (χ3v) is 5.90. The summed E-state index contributed by atoms with van der Waals surface area (Å²) in [4.78, 5) is 29.4. The Morgan fingerprint density at radius 2 is 1.67 bits per heavy atom. The minimum atomic E-state index is -0.851. The predicted molar refractivity (Wildman–Crippen MR) is 128 cm³/mol. The van der Waals surface area contributed by atoms with Gasteiger partial charge in [0.1, 0.15) is 11.9 Å². The molecule has 0 fully saturated rings. The number of hydrogen-bond acceptors (Lipinski definition) is 2. The van der Waals surface area contributed by atoms with Crippen molar-refractivity contribution in [1.82, 2.24) is 15.6 Å². The average molecular weight is 464 g/mol. The number of halogens is 2. The van der Waals surface area contributed by atoms with Crippen LogP contribution < -0.4 is 10.6 Å². The van der Waals surface area contributed by atoms with Gasteiger partial charge >= 0.3 is 0 Å². The molecule has 7 heteroatoms.